The van der Waals surface area contributed by atoms with Gasteiger partial charge >= 0.3 is 6.03 Å². The first-order valence-corrected chi connectivity index (χ1v) is 12.4. The molecule has 1 heterocycles. The molecule has 4 rings (SSSR count). The fourth-order valence-electron chi connectivity index (χ4n) is 4.81. The van der Waals surface area contributed by atoms with E-state index in [0.717, 1.165) is 27.8 Å². The monoisotopic (exact) mass is 515 g/mol. The van der Waals surface area contributed by atoms with E-state index < -0.39 is 18.1 Å². The number of carbonyl (C=O) groups excluding carboxylic acids is 1. The standard InChI is InChI=1S/C28H29N5O5/c34-19-24-12-10-22(11-13-24)16-32-18-25(30-37)27(31-38)26(14-20-4-2-1-3-5-20)33(28(32)35)17-23-8-6-21(7-9-23)15-29-36/h1-13,25-27,34H,14-19H2. The number of amides is 2. The van der Waals surface area contributed by atoms with Gasteiger partial charge in [0.05, 0.1) is 19.2 Å². The molecule has 0 bridgehead atoms. The van der Waals surface area contributed by atoms with Crippen molar-refractivity contribution in [1.29, 1.82) is 0 Å². The predicted octanol–water partition coefficient (Wildman–Crippen LogP) is 4.76. The van der Waals surface area contributed by atoms with Gasteiger partial charge in [-0.25, -0.2) is 4.79 Å². The van der Waals surface area contributed by atoms with Crippen molar-refractivity contribution in [1.82, 2.24) is 9.80 Å². The minimum Gasteiger partial charge on any atom is -0.392 e. The summed E-state index contributed by atoms with van der Waals surface area (Å²) in [6, 6.07) is 20.7. The van der Waals surface area contributed by atoms with Crippen LogP contribution in [0, 0.1) is 14.7 Å². The Morgan fingerprint density at radius 1 is 0.737 bits per heavy atom. The van der Waals surface area contributed by atoms with Gasteiger partial charge < -0.3 is 14.9 Å². The fraction of sp³-hybridized carbons (Fsp3) is 0.321. The molecule has 1 N–H and O–H groups in total. The molecular weight excluding hydrogens is 486 g/mol. The fourth-order valence-corrected chi connectivity index (χ4v) is 4.81. The number of rotatable bonds is 11. The van der Waals surface area contributed by atoms with Crippen LogP contribution in [-0.4, -0.2) is 45.6 Å². The van der Waals surface area contributed by atoms with Crippen LogP contribution < -0.4 is 0 Å². The number of nitrogens with zero attached hydrogens (tertiary/aromatic N) is 5. The van der Waals surface area contributed by atoms with E-state index >= 15 is 0 Å². The largest absolute Gasteiger partial charge is 0.392 e. The second-order valence-electron chi connectivity index (χ2n) is 9.40. The molecule has 3 unspecified atom stereocenters. The molecule has 1 fully saturated rings. The van der Waals surface area contributed by atoms with Crippen LogP contribution in [0.2, 0.25) is 0 Å². The first-order chi connectivity index (χ1) is 18.6. The third kappa shape index (κ3) is 6.33. The van der Waals surface area contributed by atoms with Gasteiger partial charge in [0, 0.05) is 13.1 Å². The molecule has 10 nitrogen and oxygen atoms in total. The quantitative estimate of drug-likeness (QED) is 0.368. The molecule has 3 aromatic rings. The number of hydrogen-bond donors (Lipinski definition) is 1. The highest BCUT2D eigenvalue weighted by Crippen LogP contribution is 2.28. The van der Waals surface area contributed by atoms with E-state index in [1.54, 1.807) is 29.2 Å². The molecule has 1 aliphatic heterocycles. The molecule has 10 heteroatoms. The summed E-state index contributed by atoms with van der Waals surface area (Å²) in [5.41, 5.74) is 3.99. The zero-order valence-corrected chi connectivity index (χ0v) is 20.8. The van der Waals surface area contributed by atoms with Crippen LogP contribution in [0.5, 0.6) is 0 Å². The Hall–Kier alpha value is -4.31. The van der Waals surface area contributed by atoms with Crippen molar-refractivity contribution in [2.75, 3.05) is 6.54 Å². The van der Waals surface area contributed by atoms with Crippen molar-refractivity contribution in [3.05, 3.63) is 121 Å². The summed E-state index contributed by atoms with van der Waals surface area (Å²) in [7, 11) is 0. The second-order valence-corrected chi connectivity index (χ2v) is 9.40. The Labute approximate surface area is 220 Å². The molecule has 0 aliphatic carbocycles. The first kappa shape index (κ1) is 26.7. The average Bonchev–Trinajstić information content (AvgIpc) is 3.05. The lowest BCUT2D eigenvalue weighted by atomic mass is 9.93. The lowest BCUT2D eigenvalue weighted by molar-refractivity contribution is 0.136. The number of nitroso groups, excluding NO2 is 3. The summed E-state index contributed by atoms with van der Waals surface area (Å²) >= 11 is 0. The Morgan fingerprint density at radius 3 is 1.92 bits per heavy atom. The highest BCUT2D eigenvalue weighted by molar-refractivity contribution is 5.75. The van der Waals surface area contributed by atoms with E-state index in [1.165, 1.54) is 4.90 Å². The number of aliphatic hydroxyl groups excluding tert-OH is 1. The van der Waals surface area contributed by atoms with E-state index in [-0.39, 0.29) is 38.8 Å². The topological polar surface area (TPSA) is 132 Å². The van der Waals surface area contributed by atoms with Gasteiger partial charge in [-0.3, -0.25) is 0 Å². The molecule has 3 aromatic carbocycles. The zero-order chi connectivity index (χ0) is 26.9. The van der Waals surface area contributed by atoms with Gasteiger partial charge in [-0.05, 0) is 34.2 Å². The molecule has 1 aliphatic rings. The van der Waals surface area contributed by atoms with Crippen LogP contribution in [0.25, 0.3) is 0 Å². The van der Waals surface area contributed by atoms with E-state index in [4.69, 9.17) is 0 Å². The van der Waals surface area contributed by atoms with Gasteiger partial charge in [-0.1, -0.05) is 94.4 Å². The Kier molecular flexibility index (Phi) is 8.99. The normalized spacial score (nSPS) is 19.6. The van der Waals surface area contributed by atoms with Crippen LogP contribution in [0.3, 0.4) is 0 Å². The number of benzene rings is 3. The van der Waals surface area contributed by atoms with Gasteiger partial charge in [0.25, 0.3) is 0 Å². The highest BCUT2D eigenvalue weighted by Gasteiger charge is 2.44. The summed E-state index contributed by atoms with van der Waals surface area (Å²) in [4.78, 5) is 51.9. The molecule has 0 spiro atoms. The van der Waals surface area contributed by atoms with Crippen molar-refractivity contribution in [2.24, 2.45) is 15.5 Å². The highest BCUT2D eigenvalue weighted by atomic mass is 16.3. The van der Waals surface area contributed by atoms with E-state index in [2.05, 4.69) is 15.5 Å². The van der Waals surface area contributed by atoms with Crippen LogP contribution in [0.1, 0.15) is 27.8 Å². The maximum atomic E-state index is 14.0. The SMILES string of the molecule is O=NCc1ccc(CN2C(=O)N(Cc3ccc(CO)cc3)CC(N=O)C(N=O)C2Cc2ccccc2)cc1. The summed E-state index contributed by atoms with van der Waals surface area (Å²) < 4.78 is 0. The summed E-state index contributed by atoms with van der Waals surface area (Å²) in [5, 5.41) is 18.8. The van der Waals surface area contributed by atoms with Crippen LogP contribution in [0.15, 0.2) is 94.4 Å². The second kappa shape index (κ2) is 12.8. The van der Waals surface area contributed by atoms with E-state index in [1.807, 2.05) is 54.6 Å². The Bertz CT molecular complexity index is 1240. The van der Waals surface area contributed by atoms with Crippen molar-refractivity contribution in [2.45, 2.75) is 50.8 Å². The van der Waals surface area contributed by atoms with Crippen LogP contribution in [-0.2, 0) is 32.7 Å². The van der Waals surface area contributed by atoms with Crippen LogP contribution in [0.4, 0.5) is 4.79 Å². The van der Waals surface area contributed by atoms with Gasteiger partial charge in [0.2, 0.25) is 0 Å². The first-order valence-electron chi connectivity index (χ1n) is 12.4. The Morgan fingerprint density at radius 2 is 1.34 bits per heavy atom. The molecule has 196 valence electrons. The predicted molar refractivity (Wildman–Crippen MR) is 143 cm³/mol. The smallest absolute Gasteiger partial charge is 0.321 e. The lowest BCUT2D eigenvalue weighted by Crippen LogP contribution is -2.49. The summed E-state index contributed by atoms with van der Waals surface area (Å²) in [6.07, 6.45) is 0.321. The van der Waals surface area contributed by atoms with Gasteiger partial charge in [-0.2, -0.15) is 14.7 Å². The Balaban J connectivity index is 1.71. The third-order valence-electron chi connectivity index (χ3n) is 6.86. The number of hydrogen-bond acceptors (Lipinski definition) is 8. The van der Waals surface area contributed by atoms with Gasteiger partial charge in [0.1, 0.15) is 18.6 Å². The maximum absolute atomic E-state index is 14.0. The zero-order valence-electron chi connectivity index (χ0n) is 20.8. The third-order valence-corrected chi connectivity index (χ3v) is 6.86. The van der Waals surface area contributed by atoms with Crippen LogP contribution >= 0.6 is 0 Å². The van der Waals surface area contributed by atoms with E-state index in [9.17, 15) is 24.6 Å². The molecule has 3 atom stereocenters. The molecule has 1 saturated heterocycles. The molecular formula is C28H29N5O5. The van der Waals surface area contributed by atoms with Crippen molar-refractivity contribution < 1.29 is 9.90 Å². The number of aliphatic hydroxyl groups is 1. The van der Waals surface area contributed by atoms with Gasteiger partial charge in [0.15, 0.2) is 0 Å². The molecule has 2 amide bonds. The summed E-state index contributed by atoms with van der Waals surface area (Å²) in [6.45, 7) is 0.269. The lowest BCUT2D eigenvalue weighted by Gasteiger charge is -2.34. The van der Waals surface area contributed by atoms with E-state index in [0.29, 0.717) is 6.42 Å². The number of urea groups is 1. The van der Waals surface area contributed by atoms with Gasteiger partial charge in [-0.15, -0.1) is 0 Å². The molecule has 38 heavy (non-hydrogen) atoms. The van der Waals surface area contributed by atoms with Crippen molar-refractivity contribution >= 4 is 6.03 Å². The maximum Gasteiger partial charge on any atom is 0.321 e. The van der Waals surface area contributed by atoms with Crippen molar-refractivity contribution in [3.63, 3.8) is 0 Å². The minimum atomic E-state index is -1.04. The van der Waals surface area contributed by atoms with Crippen molar-refractivity contribution in [3.8, 4) is 0 Å². The molecule has 0 saturated carbocycles. The molecule has 0 aromatic heterocycles. The number of carbonyl (C=O) groups is 1. The molecule has 0 radical (unpaired) electrons. The summed E-state index contributed by atoms with van der Waals surface area (Å²) in [5.74, 6) is 0. The minimum absolute atomic E-state index is 0.0478. The average molecular weight is 516 g/mol.